The number of nitrogens with one attached hydrogen (secondary N) is 1. The summed E-state index contributed by atoms with van der Waals surface area (Å²) < 4.78 is 30.5. The third-order valence-corrected chi connectivity index (χ3v) is 5.04. The predicted octanol–water partition coefficient (Wildman–Crippen LogP) is 4.06. The Balaban J connectivity index is 2.32. The minimum Gasteiger partial charge on any atom is -0.495 e. The molecule has 0 heterocycles. The van der Waals surface area contributed by atoms with Crippen molar-refractivity contribution >= 4 is 62.1 Å². The third kappa shape index (κ3) is 5.41. The minimum atomic E-state index is -3.79. The van der Waals surface area contributed by atoms with Gasteiger partial charge in [-0.15, -0.1) is 0 Å². The topological polar surface area (TPSA) is 75.7 Å². The van der Waals surface area contributed by atoms with Gasteiger partial charge >= 0.3 is 0 Å². The molecule has 0 saturated heterocycles. The quantitative estimate of drug-likeness (QED) is 0.739. The first-order chi connectivity index (χ1) is 12.1. The first kappa shape index (κ1) is 20.6. The highest BCUT2D eigenvalue weighted by Gasteiger charge is 2.24. The third-order valence-electron chi connectivity index (χ3n) is 3.24. The molecule has 0 aliphatic heterocycles. The van der Waals surface area contributed by atoms with Crippen molar-refractivity contribution in [3.05, 3.63) is 51.5 Å². The molecule has 10 heteroatoms. The second-order valence-electron chi connectivity index (χ2n) is 5.29. The van der Waals surface area contributed by atoms with Crippen LogP contribution in [0.15, 0.2) is 36.4 Å². The number of nitrogens with zero attached hydrogens (tertiary/aromatic N) is 1. The van der Waals surface area contributed by atoms with E-state index in [9.17, 15) is 13.2 Å². The molecule has 0 aliphatic carbocycles. The van der Waals surface area contributed by atoms with Gasteiger partial charge in [0.1, 0.15) is 12.3 Å². The van der Waals surface area contributed by atoms with Crippen molar-refractivity contribution in [2.75, 3.05) is 29.5 Å². The van der Waals surface area contributed by atoms with Crippen molar-refractivity contribution in [1.82, 2.24) is 0 Å². The van der Waals surface area contributed by atoms with Crippen LogP contribution in [-0.4, -0.2) is 34.2 Å². The molecule has 0 atom stereocenters. The van der Waals surface area contributed by atoms with E-state index >= 15 is 0 Å². The van der Waals surface area contributed by atoms with Crippen molar-refractivity contribution in [2.45, 2.75) is 0 Å². The fourth-order valence-electron chi connectivity index (χ4n) is 2.20. The molecule has 0 radical (unpaired) electrons. The Hall–Kier alpha value is -1.67. The van der Waals surface area contributed by atoms with E-state index in [1.54, 1.807) is 6.07 Å². The maximum absolute atomic E-state index is 12.4. The van der Waals surface area contributed by atoms with Gasteiger partial charge in [0.15, 0.2) is 0 Å². The zero-order chi connectivity index (χ0) is 19.5. The lowest BCUT2D eigenvalue weighted by Crippen LogP contribution is -2.37. The van der Waals surface area contributed by atoms with Crippen molar-refractivity contribution in [3.63, 3.8) is 0 Å². The summed E-state index contributed by atoms with van der Waals surface area (Å²) in [5.41, 5.74) is 0.501. The highest BCUT2D eigenvalue weighted by Crippen LogP contribution is 2.32. The summed E-state index contributed by atoms with van der Waals surface area (Å²) in [5.74, 6) is -0.325. The largest absolute Gasteiger partial charge is 0.495 e. The second kappa shape index (κ2) is 8.35. The van der Waals surface area contributed by atoms with Crippen LogP contribution in [0.1, 0.15) is 0 Å². The zero-order valence-electron chi connectivity index (χ0n) is 13.8. The Morgan fingerprint density at radius 3 is 2.23 bits per heavy atom. The average molecular weight is 438 g/mol. The highest BCUT2D eigenvalue weighted by atomic mass is 35.5. The number of methoxy groups -OCH3 is 1. The SMILES string of the molecule is COc1ccc(Cl)cc1N(CC(=O)Nc1cc(Cl)cc(Cl)c1)S(C)(=O)=O. The lowest BCUT2D eigenvalue weighted by atomic mass is 10.3. The van der Waals surface area contributed by atoms with E-state index in [0.717, 1.165) is 10.6 Å². The molecule has 2 aromatic rings. The number of carbonyl (C=O) groups is 1. The molecule has 0 saturated carbocycles. The van der Waals surface area contributed by atoms with Crippen LogP contribution in [-0.2, 0) is 14.8 Å². The summed E-state index contributed by atoms with van der Waals surface area (Å²) in [6.45, 7) is -0.486. The number of ether oxygens (including phenoxy) is 1. The number of rotatable bonds is 6. The van der Waals surface area contributed by atoms with Crippen LogP contribution in [0.2, 0.25) is 15.1 Å². The molecule has 0 aromatic heterocycles. The number of sulfonamides is 1. The summed E-state index contributed by atoms with van der Waals surface area (Å²) in [6, 6.07) is 8.98. The van der Waals surface area contributed by atoms with Crippen LogP contribution in [0, 0.1) is 0 Å². The zero-order valence-corrected chi connectivity index (χ0v) is 16.9. The predicted molar refractivity (Wildman–Crippen MR) is 105 cm³/mol. The van der Waals surface area contributed by atoms with Crippen molar-refractivity contribution in [2.24, 2.45) is 0 Å². The molecule has 140 valence electrons. The number of hydrogen-bond donors (Lipinski definition) is 1. The smallest absolute Gasteiger partial charge is 0.245 e. The van der Waals surface area contributed by atoms with Gasteiger partial charge in [-0.1, -0.05) is 34.8 Å². The van der Waals surface area contributed by atoms with Gasteiger partial charge in [-0.2, -0.15) is 0 Å². The second-order valence-corrected chi connectivity index (χ2v) is 8.51. The molecular formula is C16H15Cl3N2O4S. The van der Waals surface area contributed by atoms with Gasteiger partial charge in [-0.25, -0.2) is 8.42 Å². The molecule has 0 aliphatic rings. The first-order valence-corrected chi connectivity index (χ1v) is 10.2. The van der Waals surface area contributed by atoms with E-state index in [2.05, 4.69) is 5.32 Å². The Kier molecular flexibility index (Phi) is 6.63. The molecule has 0 fully saturated rings. The molecule has 26 heavy (non-hydrogen) atoms. The highest BCUT2D eigenvalue weighted by molar-refractivity contribution is 7.92. The number of anilines is 2. The van der Waals surface area contributed by atoms with Gasteiger partial charge < -0.3 is 10.1 Å². The molecule has 0 bridgehead atoms. The van der Waals surface area contributed by atoms with Gasteiger partial charge in [0, 0.05) is 20.8 Å². The summed E-state index contributed by atoms with van der Waals surface area (Å²) in [6.07, 6.45) is 0.983. The van der Waals surface area contributed by atoms with Crippen LogP contribution in [0.3, 0.4) is 0 Å². The van der Waals surface area contributed by atoms with E-state index < -0.39 is 22.5 Å². The Morgan fingerprint density at radius 2 is 1.69 bits per heavy atom. The van der Waals surface area contributed by atoms with Crippen molar-refractivity contribution in [1.29, 1.82) is 0 Å². The number of benzene rings is 2. The van der Waals surface area contributed by atoms with E-state index in [0.29, 0.717) is 20.8 Å². The van der Waals surface area contributed by atoms with Crippen molar-refractivity contribution < 1.29 is 17.9 Å². The lowest BCUT2D eigenvalue weighted by molar-refractivity contribution is -0.114. The summed E-state index contributed by atoms with van der Waals surface area (Å²) in [5, 5.41) is 3.54. The number of hydrogen-bond acceptors (Lipinski definition) is 4. The van der Waals surface area contributed by atoms with Gasteiger partial charge in [-0.05, 0) is 36.4 Å². The monoisotopic (exact) mass is 436 g/mol. The molecule has 6 nitrogen and oxygen atoms in total. The van der Waals surface area contributed by atoms with Gasteiger partial charge in [0.25, 0.3) is 0 Å². The number of amides is 1. The van der Waals surface area contributed by atoms with E-state index in [4.69, 9.17) is 39.5 Å². The first-order valence-electron chi connectivity index (χ1n) is 7.17. The van der Waals surface area contributed by atoms with Crippen LogP contribution in [0.4, 0.5) is 11.4 Å². The molecular weight excluding hydrogens is 423 g/mol. The maximum atomic E-state index is 12.4. The van der Waals surface area contributed by atoms with Crippen molar-refractivity contribution in [3.8, 4) is 5.75 Å². The molecule has 0 unspecified atom stereocenters. The van der Waals surface area contributed by atoms with E-state index in [1.807, 2.05) is 0 Å². The Morgan fingerprint density at radius 1 is 1.08 bits per heavy atom. The summed E-state index contributed by atoms with van der Waals surface area (Å²) in [7, 11) is -2.40. The average Bonchev–Trinajstić information content (AvgIpc) is 2.50. The fraction of sp³-hybridized carbons (Fsp3) is 0.188. The molecule has 2 rings (SSSR count). The standard InChI is InChI=1S/C16H15Cl3N2O4S/c1-25-15-4-3-10(17)8-14(15)21(26(2,23)24)9-16(22)20-13-6-11(18)5-12(19)7-13/h3-8H,9H2,1-2H3,(H,20,22). The normalized spacial score (nSPS) is 11.1. The Labute approximate surface area is 166 Å². The fourth-order valence-corrected chi connectivity index (χ4v) is 3.74. The number of carbonyl (C=O) groups excluding carboxylic acids is 1. The minimum absolute atomic E-state index is 0.154. The Bertz CT molecular complexity index is 915. The van der Waals surface area contributed by atoms with Gasteiger partial charge in [-0.3, -0.25) is 9.10 Å². The van der Waals surface area contributed by atoms with Crippen LogP contribution >= 0.6 is 34.8 Å². The lowest BCUT2D eigenvalue weighted by Gasteiger charge is -2.24. The molecule has 1 N–H and O–H groups in total. The van der Waals surface area contributed by atoms with Gasteiger partial charge in [0.05, 0.1) is 19.1 Å². The summed E-state index contributed by atoms with van der Waals surface area (Å²) in [4.78, 5) is 12.4. The molecule has 0 spiro atoms. The molecule has 1 amide bonds. The molecule has 2 aromatic carbocycles. The summed E-state index contributed by atoms with van der Waals surface area (Å²) >= 11 is 17.7. The van der Waals surface area contributed by atoms with Gasteiger partial charge in [0.2, 0.25) is 15.9 Å². The van der Waals surface area contributed by atoms with E-state index in [-0.39, 0.29) is 11.4 Å². The number of halogens is 3. The van der Waals surface area contributed by atoms with E-state index in [1.165, 1.54) is 37.4 Å². The van der Waals surface area contributed by atoms with Crippen LogP contribution in [0.25, 0.3) is 0 Å². The van der Waals surface area contributed by atoms with Crippen LogP contribution < -0.4 is 14.4 Å². The van der Waals surface area contributed by atoms with Crippen LogP contribution in [0.5, 0.6) is 5.75 Å². The maximum Gasteiger partial charge on any atom is 0.245 e.